The molecule has 0 spiro atoms. The Labute approximate surface area is 156 Å². The second-order valence-corrected chi connectivity index (χ2v) is 9.44. The van der Waals surface area contributed by atoms with Gasteiger partial charge < -0.3 is 4.90 Å². The molecular formula is C21H26N2O2S. The smallest absolute Gasteiger partial charge is 0.243 e. The molecule has 2 saturated heterocycles. The summed E-state index contributed by atoms with van der Waals surface area (Å²) < 4.78 is 27.3. The number of benzene rings is 2. The predicted octanol–water partition coefficient (Wildman–Crippen LogP) is 2.87. The molecule has 0 aliphatic carbocycles. The van der Waals surface area contributed by atoms with E-state index in [9.17, 15) is 8.42 Å². The summed E-state index contributed by atoms with van der Waals surface area (Å²) in [6, 6.07) is 19.4. The van der Waals surface area contributed by atoms with E-state index in [2.05, 4.69) is 35.2 Å². The van der Waals surface area contributed by atoms with Gasteiger partial charge in [-0.25, -0.2) is 8.42 Å². The fourth-order valence-electron chi connectivity index (χ4n) is 4.32. The van der Waals surface area contributed by atoms with Crippen molar-refractivity contribution in [3.8, 4) is 0 Å². The van der Waals surface area contributed by atoms with Crippen LogP contribution in [0.5, 0.6) is 0 Å². The first kappa shape index (κ1) is 17.7. The van der Waals surface area contributed by atoms with Crippen molar-refractivity contribution in [1.82, 2.24) is 9.21 Å². The van der Waals surface area contributed by atoms with Crippen molar-refractivity contribution in [2.75, 3.05) is 32.7 Å². The largest absolute Gasteiger partial charge is 0.303 e. The van der Waals surface area contributed by atoms with E-state index in [1.165, 1.54) is 5.56 Å². The van der Waals surface area contributed by atoms with Crippen molar-refractivity contribution in [3.63, 3.8) is 0 Å². The first-order valence-corrected chi connectivity index (χ1v) is 10.9. The maximum atomic E-state index is 12.8. The van der Waals surface area contributed by atoms with Crippen LogP contribution in [0.1, 0.15) is 12.0 Å². The van der Waals surface area contributed by atoms with Crippen molar-refractivity contribution in [2.24, 2.45) is 11.8 Å². The molecule has 2 aliphatic heterocycles. The lowest BCUT2D eigenvalue weighted by molar-refractivity contribution is 0.293. The average Bonchev–Trinajstić information content (AvgIpc) is 3.23. The quantitative estimate of drug-likeness (QED) is 0.785. The Bertz CT molecular complexity index is 810. The maximum Gasteiger partial charge on any atom is 0.243 e. The third kappa shape index (κ3) is 3.70. The molecule has 2 heterocycles. The molecule has 0 aromatic heterocycles. The summed E-state index contributed by atoms with van der Waals surface area (Å²) in [6.07, 6.45) is 2.27. The van der Waals surface area contributed by atoms with E-state index in [1.807, 2.05) is 6.07 Å². The molecule has 26 heavy (non-hydrogen) atoms. The van der Waals surface area contributed by atoms with Crippen molar-refractivity contribution in [2.45, 2.75) is 17.7 Å². The van der Waals surface area contributed by atoms with Gasteiger partial charge in [0.05, 0.1) is 4.90 Å². The first-order chi connectivity index (χ1) is 12.6. The van der Waals surface area contributed by atoms with E-state index in [0.29, 0.717) is 29.8 Å². The van der Waals surface area contributed by atoms with E-state index in [-0.39, 0.29) is 0 Å². The third-order valence-corrected chi connectivity index (χ3v) is 7.54. The van der Waals surface area contributed by atoms with Crippen LogP contribution >= 0.6 is 0 Å². The van der Waals surface area contributed by atoms with E-state index in [0.717, 1.165) is 32.5 Å². The Balaban J connectivity index is 1.29. The zero-order valence-electron chi connectivity index (χ0n) is 15.0. The molecule has 5 heteroatoms. The minimum Gasteiger partial charge on any atom is -0.303 e. The number of likely N-dealkylation sites (tertiary alicyclic amines) is 1. The van der Waals surface area contributed by atoms with Crippen molar-refractivity contribution >= 4 is 10.0 Å². The molecule has 0 N–H and O–H groups in total. The zero-order chi connectivity index (χ0) is 18.0. The van der Waals surface area contributed by atoms with Gasteiger partial charge in [0, 0.05) is 26.2 Å². The van der Waals surface area contributed by atoms with Gasteiger partial charge in [-0.1, -0.05) is 48.5 Å². The molecule has 4 nitrogen and oxygen atoms in total. The lowest BCUT2D eigenvalue weighted by atomic mass is 10.0. The number of hydrogen-bond acceptors (Lipinski definition) is 3. The normalized spacial score (nSPS) is 24.0. The Morgan fingerprint density at radius 2 is 1.38 bits per heavy atom. The molecule has 0 amide bonds. The zero-order valence-corrected chi connectivity index (χ0v) is 15.8. The summed E-state index contributed by atoms with van der Waals surface area (Å²) in [5.41, 5.74) is 1.40. The molecule has 2 fully saturated rings. The monoisotopic (exact) mass is 370 g/mol. The van der Waals surface area contributed by atoms with Crippen LogP contribution in [-0.4, -0.2) is 50.3 Å². The number of hydrogen-bond donors (Lipinski definition) is 0. The van der Waals surface area contributed by atoms with Crippen molar-refractivity contribution < 1.29 is 8.42 Å². The van der Waals surface area contributed by atoms with E-state index in [4.69, 9.17) is 0 Å². The predicted molar refractivity (Wildman–Crippen MR) is 103 cm³/mol. The molecule has 2 aromatic rings. The number of aryl methyl sites for hydroxylation is 1. The van der Waals surface area contributed by atoms with Gasteiger partial charge >= 0.3 is 0 Å². The summed E-state index contributed by atoms with van der Waals surface area (Å²) in [6.45, 7) is 4.49. The van der Waals surface area contributed by atoms with Gasteiger partial charge in [-0.15, -0.1) is 0 Å². The Morgan fingerprint density at radius 3 is 2.00 bits per heavy atom. The SMILES string of the molecule is O=S(=O)(c1ccccc1)N1CC2CN(CCCc3ccccc3)CC2C1. The summed E-state index contributed by atoms with van der Waals surface area (Å²) in [5.74, 6) is 0.954. The van der Waals surface area contributed by atoms with Gasteiger partial charge in [0.15, 0.2) is 0 Å². The molecular weight excluding hydrogens is 344 g/mol. The van der Waals surface area contributed by atoms with E-state index < -0.39 is 10.0 Å². The van der Waals surface area contributed by atoms with Gasteiger partial charge in [-0.05, 0) is 48.9 Å². The summed E-state index contributed by atoms with van der Waals surface area (Å²) in [5, 5.41) is 0. The highest BCUT2D eigenvalue weighted by atomic mass is 32.2. The highest BCUT2D eigenvalue weighted by Gasteiger charge is 2.43. The fourth-order valence-corrected chi connectivity index (χ4v) is 5.89. The van der Waals surface area contributed by atoms with Crippen LogP contribution in [0.2, 0.25) is 0 Å². The van der Waals surface area contributed by atoms with Gasteiger partial charge in [-0.2, -0.15) is 4.31 Å². The van der Waals surface area contributed by atoms with Gasteiger partial charge in [0.25, 0.3) is 0 Å². The molecule has 2 aromatic carbocycles. The Kier molecular flexibility index (Phi) is 5.11. The van der Waals surface area contributed by atoms with Crippen LogP contribution in [0, 0.1) is 11.8 Å². The Morgan fingerprint density at radius 1 is 0.808 bits per heavy atom. The average molecular weight is 371 g/mol. The van der Waals surface area contributed by atoms with Crippen LogP contribution in [0.25, 0.3) is 0 Å². The minimum absolute atomic E-state index is 0.416. The van der Waals surface area contributed by atoms with E-state index >= 15 is 0 Å². The minimum atomic E-state index is -3.34. The highest BCUT2D eigenvalue weighted by molar-refractivity contribution is 7.89. The summed E-state index contributed by atoms with van der Waals surface area (Å²) >= 11 is 0. The third-order valence-electron chi connectivity index (χ3n) is 5.69. The highest BCUT2D eigenvalue weighted by Crippen LogP contribution is 2.34. The topological polar surface area (TPSA) is 40.6 Å². The number of nitrogens with zero attached hydrogens (tertiary/aromatic N) is 2. The van der Waals surface area contributed by atoms with Crippen LogP contribution in [0.15, 0.2) is 65.6 Å². The molecule has 0 radical (unpaired) electrons. The standard InChI is InChI=1S/C21H26N2O2S/c24-26(25,21-11-5-2-6-12-21)23-16-19-14-22(15-20(19)17-23)13-7-10-18-8-3-1-4-9-18/h1-6,8-9,11-12,19-20H,7,10,13-17H2. The van der Waals surface area contributed by atoms with E-state index in [1.54, 1.807) is 28.6 Å². The van der Waals surface area contributed by atoms with Crippen LogP contribution in [-0.2, 0) is 16.4 Å². The molecule has 2 atom stereocenters. The van der Waals surface area contributed by atoms with Crippen molar-refractivity contribution in [1.29, 1.82) is 0 Å². The number of sulfonamides is 1. The lowest BCUT2D eigenvalue weighted by Gasteiger charge is -2.21. The molecule has 2 unspecified atom stereocenters. The maximum absolute atomic E-state index is 12.8. The molecule has 138 valence electrons. The first-order valence-electron chi connectivity index (χ1n) is 9.44. The van der Waals surface area contributed by atoms with Gasteiger partial charge in [-0.3, -0.25) is 0 Å². The second-order valence-electron chi connectivity index (χ2n) is 7.50. The fraction of sp³-hybridized carbons (Fsp3) is 0.429. The van der Waals surface area contributed by atoms with Crippen LogP contribution < -0.4 is 0 Å². The summed E-state index contributed by atoms with van der Waals surface area (Å²) in [4.78, 5) is 2.93. The van der Waals surface area contributed by atoms with Crippen molar-refractivity contribution in [3.05, 3.63) is 66.2 Å². The van der Waals surface area contributed by atoms with Gasteiger partial charge in [0.1, 0.15) is 0 Å². The molecule has 2 aliphatic rings. The molecule has 0 bridgehead atoms. The number of rotatable bonds is 6. The Hall–Kier alpha value is -1.69. The molecule has 4 rings (SSSR count). The van der Waals surface area contributed by atoms with Crippen LogP contribution in [0.4, 0.5) is 0 Å². The number of fused-ring (bicyclic) bond motifs is 1. The molecule has 0 saturated carbocycles. The summed E-state index contributed by atoms with van der Waals surface area (Å²) in [7, 11) is -3.34. The lowest BCUT2D eigenvalue weighted by Crippen LogP contribution is -2.33. The van der Waals surface area contributed by atoms with Crippen LogP contribution in [0.3, 0.4) is 0 Å². The van der Waals surface area contributed by atoms with Gasteiger partial charge in [0.2, 0.25) is 10.0 Å². The second kappa shape index (κ2) is 7.51.